The zero-order valence-electron chi connectivity index (χ0n) is 15.4. The number of rotatable bonds is 5. The Bertz CT molecular complexity index is 705. The maximum atomic E-state index is 12.7. The first-order valence-corrected chi connectivity index (χ1v) is 9.39. The average molecular weight is 399 g/mol. The molecule has 0 aromatic heterocycles. The van der Waals surface area contributed by atoms with Gasteiger partial charge in [0.15, 0.2) is 0 Å². The van der Waals surface area contributed by atoms with Gasteiger partial charge >= 0.3 is 6.18 Å². The second-order valence-electron chi connectivity index (χ2n) is 7.15. The Kier molecular flexibility index (Phi) is 6.56. The zero-order valence-corrected chi connectivity index (χ0v) is 15.4. The topological polar surface area (TPSA) is 70.7 Å². The quantitative estimate of drug-likeness (QED) is 0.792. The molecule has 9 heteroatoms. The maximum Gasteiger partial charge on any atom is 0.416 e. The molecule has 2 aliphatic heterocycles. The summed E-state index contributed by atoms with van der Waals surface area (Å²) < 4.78 is 43.6. The molecular weight excluding hydrogens is 375 g/mol. The van der Waals surface area contributed by atoms with Gasteiger partial charge in [0.25, 0.3) is 5.91 Å². The lowest BCUT2D eigenvalue weighted by Crippen LogP contribution is -2.44. The molecule has 2 aliphatic rings. The molecule has 1 aromatic carbocycles. The fourth-order valence-corrected chi connectivity index (χ4v) is 3.67. The average Bonchev–Trinajstić information content (AvgIpc) is 3.14. The van der Waals surface area contributed by atoms with Crippen LogP contribution in [0.15, 0.2) is 24.3 Å². The standard InChI is InChI=1S/C19H24F3N3O3/c20-19(21,22)14-3-1-2-13(10-14)18(27)23-11-17(26)24-15-4-7-25(12-15)16-5-8-28-9-6-16/h1-3,10,15-16H,4-9,11-12H2,(H,23,27)(H,24,26)/t15-/m1/s1. The normalized spacial score (nSPS) is 21.5. The third-order valence-corrected chi connectivity index (χ3v) is 5.15. The summed E-state index contributed by atoms with van der Waals surface area (Å²) in [6, 6.07) is 4.62. The molecule has 2 amide bonds. The van der Waals surface area contributed by atoms with Crippen LogP contribution in [-0.2, 0) is 15.7 Å². The van der Waals surface area contributed by atoms with Crippen molar-refractivity contribution < 1.29 is 27.5 Å². The van der Waals surface area contributed by atoms with Gasteiger partial charge in [-0.1, -0.05) is 6.07 Å². The Hall–Kier alpha value is -2.13. The van der Waals surface area contributed by atoms with Crippen LogP contribution in [0.2, 0.25) is 0 Å². The van der Waals surface area contributed by atoms with Gasteiger partial charge in [0.2, 0.25) is 5.91 Å². The molecule has 1 aromatic rings. The van der Waals surface area contributed by atoms with E-state index < -0.39 is 17.6 Å². The lowest BCUT2D eigenvalue weighted by molar-refractivity contribution is -0.137. The molecule has 1 atom stereocenters. The Morgan fingerprint density at radius 1 is 1.18 bits per heavy atom. The van der Waals surface area contributed by atoms with Gasteiger partial charge in [-0.3, -0.25) is 14.5 Å². The molecule has 0 saturated carbocycles. The van der Waals surface area contributed by atoms with Crippen molar-refractivity contribution in [1.29, 1.82) is 0 Å². The van der Waals surface area contributed by atoms with Crippen LogP contribution in [0, 0.1) is 0 Å². The minimum atomic E-state index is -4.52. The Morgan fingerprint density at radius 2 is 1.93 bits per heavy atom. The van der Waals surface area contributed by atoms with Crippen LogP contribution < -0.4 is 10.6 Å². The lowest BCUT2D eigenvalue weighted by Gasteiger charge is -2.31. The highest BCUT2D eigenvalue weighted by Gasteiger charge is 2.31. The van der Waals surface area contributed by atoms with Crippen LogP contribution in [0.4, 0.5) is 13.2 Å². The van der Waals surface area contributed by atoms with Gasteiger partial charge in [0.1, 0.15) is 0 Å². The first-order valence-electron chi connectivity index (χ1n) is 9.39. The minimum Gasteiger partial charge on any atom is -0.381 e. The number of alkyl halides is 3. The van der Waals surface area contributed by atoms with E-state index in [1.165, 1.54) is 12.1 Å². The first-order chi connectivity index (χ1) is 13.3. The van der Waals surface area contributed by atoms with E-state index in [1.807, 2.05) is 0 Å². The molecule has 2 saturated heterocycles. The molecule has 0 unspecified atom stereocenters. The second kappa shape index (κ2) is 8.91. The van der Waals surface area contributed by atoms with Crippen molar-refractivity contribution in [2.45, 2.75) is 37.5 Å². The van der Waals surface area contributed by atoms with Crippen LogP contribution in [0.1, 0.15) is 35.2 Å². The zero-order chi connectivity index (χ0) is 20.1. The van der Waals surface area contributed by atoms with Crippen LogP contribution in [0.5, 0.6) is 0 Å². The number of carbonyl (C=O) groups is 2. The maximum absolute atomic E-state index is 12.7. The molecule has 0 bridgehead atoms. The molecule has 154 valence electrons. The van der Waals surface area contributed by atoms with Gasteiger partial charge in [-0.25, -0.2) is 0 Å². The third kappa shape index (κ3) is 5.45. The van der Waals surface area contributed by atoms with E-state index in [2.05, 4.69) is 15.5 Å². The number of likely N-dealkylation sites (tertiary alicyclic amines) is 1. The highest BCUT2D eigenvalue weighted by molar-refractivity contribution is 5.96. The first kappa shape index (κ1) is 20.6. The van der Waals surface area contributed by atoms with Gasteiger partial charge in [-0.15, -0.1) is 0 Å². The molecule has 28 heavy (non-hydrogen) atoms. The second-order valence-corrected chi connectivity index (χ2v) is 7.15. The van der Waals surface area contributed by atoms with Gasteiger partial charge in [0.05, 0.1) is 12.1 Å². The van der Waals surface area contributed by atoms with Crippen molar-refractivity contribution in [3.63, 3.8) is 0 Å². The van der Waals surface area contributed by atoms with Crippen molar-refractivity contribution >= 4 is 11.8 Å². The van der Waals surface area contributed by atoms with E-state index in [9.17, 15) is 22.8 Å². The van der Waals surface area contributed by atoms with E-state index in [0.29, 0.717) is 6.04 Å². The summed E-state index contributed by atoms with van der Waals surface area (Å²) in [7, 11) is 0. The molecule has 0 spiro atoms. The summed E-state index contributed by atoms with van der Waals surface area (Å²) in [6.45, 7) is 2.92. The van der Waals surface area contributed by atoms with Crippen LogP contribution in [0.25, 0.3) is 0 Å². The van der Waals surface area contributed by atoms with Gasteiger partial charge in [-0.2, -0.15) is 13.2 Å². The molecule has 2 heterocycles. The summed E-state index contributed by atoms with van der Waals surface area (Å²) in [5.74, 6) is -1.06. The summed E-state index contributed by atoms with van der Waals surface area (Å²) in [5, 5.41) is 5.26. The Labute approximate surface area is 161 Å². The predicted molar refractivity (Wildman–Crippen MR) is 95.7 cm³/mol. The largest absolute Gasteiger partial charge is 0.416 e. The van der Waals surface area contributed by atoms with Crippen molar-refractivity contribution in [1.82, 2.24) is 15.5 Å². The van der Waals surface area contributed by atoms with Crippen molar-refractivity contribution in [3.05, 3.63) is 35.4 Å². The highest BCUT2D eigenvalue weighted by Crippen LogP contribution is 2.29. The van der Waals surface area contributed by atoms with Crippen molar-refractivity contribution in [2.24, 2.45) is 0 Å². The predicted octanol–water partition coefficient (Wildman–Crippen LogP) is 1.80. The summed E-state index contributed by atoms with van der Waals surface area (Å²) >= 11 is 0. The van der Waals surface area contributed by atoms with Crippen LogP contribution >= 0.6 is 0 Å². The molecule has 0 radical (unpaired) electrons. The molecule has 3 rings (SSSR count). The molecule has 2 fully saturated rings. The van der Waals surface area contributed by atoms with E-state index in [4.69, 9.17) is 4.74 Å². The summed E-state index contributed by atoms with van der Waals surface area (Å²) in [4.78, 5) is 26.5. The number of ether oxygens (including phenoxy) is 1. The fraction of sp³-hybridized carbons (Fsp3) is 0.579. The van der Waals surface area contributed by atoms with Crippen molar-refractivity contribution in [3.8, 4) is 0 Å². The fourth-order valence-electron chi connectivity index (χ4n) is 3.67. The number of hydrogen-bond donors (Lipinski definition) is 2. The third-order valence-electron chi connectivity index (χ3n) is 5.15. The van der Waals surface area contributed by atoms with Gasteiger partial charge in [0, 0.05) is 44.0 Å². The Morgan fingerprint density at radius 3 is 2.64 bits per heavy atom. The summed E-state index contributed by atoms with van der Waals surface area (Å²) in [5.41, 5.74) is -1.03. The van der Waals surface area contributed by atoms with Crippen LogP contribution in [-0.4, -0.2) is 61.6 Å². The van der Waals surface area contributed by atoms with E-state index in [1.54, 1.807) is 0 Å². The number of nitrogens with one attached hydrogen (secondary N) is 2. The minimum absolute atomic E-state index is 0.0146. The van der Waals surface area contributed by atoms with E-state index >= 15 is 0 Å². The smallest absolute Gasteiger partial charge is 0.381 e. The molecular formula is C19H24F3N3O3. The molecule has 0 aliphatic carbocycles. The number of benzene rings is 1. The SMILES string of the molecule is O=C(CNC(=O)c1cccc(C(F)(F)F)c1)N[C@@H]1CCN(C2CCOCC2)C1. The highest BCUT2D eigenvalue weighted by atomic mass is 19.4. The van der Waals surface area contributed by atoms with Gasteiger partial charge < -0.3 is 15.4 Å². The summed E-state index contributed by atoms with van der Waals surface area (Å²) in [6.07, 6.45) is -1.70. The van der Waals surface area contributed by atoms with Crippen LogP contribution in [0.3, 0.4) is 0 Å². The Balaban J connectivity index is 1.44. The monoisotopic (exact) mass is 399 g/mol. The molecule has 2 N–H and O–H groups in total. The van der Waals surface area contributed by atoms with E-state index in [0.717, 1.165) is 57.7 Å². The number of halogens is 3. The number of carbonyl (C=O) groups excluding carboxylic acids is 2. The van der Waals surface area contributed by atoms with E-state index in [-0.39, 0.29) is 24.1 Å². The number of hydrogen-bond acceptors (Lipinski definition) is 4. The molecule has 6 nitrogen and oxygen atoms in total. The number of amides is 2. The number of nitrogens with zero attached hydrogens (tertiary/aromatic N) is 1. The van der Waals surface area contributed by atoms with Gasteiger partial charge in [-0.05, 0) is 37.5 Å². The van der Waals surface area contributed by atoms with Crippen molar-refractivity contribution in [2.75, 3.05) is 32.8 Å². The lowest BCUT2D eigenvalue weighted by atomic mass is 10.1.